The summed E-state index contributed by atoms with van der Waals surface area (Å²) in [5.41, 5.74) is 0.709. The molecule has 2 N–H and O–H groups in total. The quantitative estimate of drug-likeness (QED) is 0.787. The maximum Gasteiger partial charge on any atom is 0.349 e. The number of nitrogens with one attached hydrogen (secondary N) is 2. The number of benzene rings is 1. The van der Waals surface area contributed by atoms with Crippen LogP contribution in [-0.2, 0) is 0 Å². The zero-order valence-electron chi connectivity index (χ0n) is 13.9. The third-order valence-corrected chi connectivity index (χ3v) is 5.33. The second kappa shape index (κ2) is 6.69. The largest absolute Gasteiger partial charge is 0.422 e. The first-order chi connectivity index (χ1) is 11.4. The highest BCUT2D eigenvalue weighted by molar-refractivity contribution is 9.10. The molecule has 24 heavy (non-hydrogen) atoms. The second-order valence-electron chi connectivity index (χ2n) is 6.77. The van der Waals surface area contributed by atoms with Gasteiger partial charge in [-0.1, -0.05) is 22.9 Å². The van der Waals surface area contributed by atoms with Gasteiger partial charge in [-0.05, 0) is 62.0 Å². The Kier molecular flexibility index (Phi) is 4.78. The van der Waals surface area contributed by atoms with E-state index in [-0.39, 0.29) is 16.9 Å². The summed E-state index contributed by atoms with van der Waals surface area (Å²) in [6.07, 6.45) is 2.01. The van der Waals surface area contributed by atoms with Crippen molar-refractivity contribution in [3.8, 4) is 0 Å². The van der Waals surface area contributed by atoms with Gasteiger partial charge in [0.2, 0.25) is 0 Å². The fourth-order valence-electron chi connectivity index (χ4n) is 3.18. The van der Waals surface area contributed by atoms with Crippen molar-refractivity contribution < 1.29 is 9.21 Å². The number of amides is 1. The molecule has 0 unspecified atom stereocenters. The molecule has 2 heterocycles. The lowest BCUT2D eigenvalue weighted by atomic mass is 9.81. The minimum absolute atomic E-state index is 0.0644. The summed E-state index contributed by atoms with van der Waals surface area (Å²) in [5, 5.41) is 7.02. The van der Waals surface area contributed by atoms with Gasteiger partial charge in [-0.15, -0.1) is 0 Å². The van der Waals surface area contributed by atoms with E-state index in [0.29, 0.717) is 17.7 Å². The van der Waals surface area contributed by atoms with Gasteiger partial charge in [0, 0.05) is 16.4 Å². The minimum Gasteiger partial charge on any atom is -0.422 e. The van der Waals surface area contributed by atoms with Gasteiger partial charge in [0.15, 0.2) is 0 Å². The maximum absolute atomic E-state index is 12.6. The molecule has 5 nitrogen and oxygen atoms in total. The standard InChI is InChI=1S/C18H21BrN2O3/c1-11-13-9-12(19)3-4-14(13)24-17(23)15(11)16(22)21-10-18(2)5-7-20-8-6-18/h3-4,9,20H,5-8,10H2,1-2H3,(H,21,22). The van der Waals surface area contributed by atoms with Gasteiger partial charge >= 0.3 is 5.63 Å². The number of carbonyl (C=O) groups is 1. The zero-order chi connectivity index (χ0) is 17.3. The number of hydrogen-bond donors (Lipinski definition) is 2. The van der Waals surface area contributed by atoms with Crippen LogP contribution in [0.25, 0.3) is 11.0 Å². The molecule has 0 saturated carbocycles. The monoisotopic (exact) mass is 392 g/mol. The minimum atomic E-state index is -0.588. The van der Waals surface area contributed by atoms with Crippen molar-refractivity contribution in [2.45, 2.75) is 26.7 Å². The van der Waals surface area contributed by atoms with Crippen LogP contribution in [0.15, 0.2) is 31.9 Å². The molecular weight excluding hydrogens is 372 g/mol. The molecule has 1 aliphatic rings. The van der Waals surface area contributed by atoms with E-state index in [4.69, 9.17) is 4.42 Å². The smallest absolute Gasteiger partial charge is 0.349 e. The molecule has 0 atom stereocenters. The Morgan fingerprint density at radius 3 is 2.79 bits per heavy atom. The van der Waals surface area contributed by atoms with Crippen LogP contribution in [0.1, 0.15) is 35.7 Å². The molecule has 0 bridgehead atoms. The molecule has 1 aromatic heterocycles. The molecule has 1 amide bonds. The predicted octanol–water partition coefficient (Wildman–Crippen LogP) is 2.98. The van der Waals surface area contributed by atoms with Crippen LogP contribution in [0.5, 0.6) is 0 Å². The summed E-state index contributed by atoms with van der Waals surface area (Å²) in [4.78, 5) is 24.9. The van der Waals surface area contributed by atoms with E-state index in [2.05, 4.69) is 33.5 Å². The molecular formula is C18H21BrN2O3. The molecule has 2 aromatic rings. The van der Waals surface area contributed by atoms with Gasteiger partial charge in [0.05, 0.1) is 0 Å². The van der Waals surface area contributed by atoms with Gasteiger partial charge < -0.3 is 15.1 Å². The summed E-state index contributed by atoms with van der Waals surface area (Å²) in [6, 6.07) is 5.40. The fraction of sp³-hybridized carbons (Fsp3) is 0.444. The van der Waals surface area contributed by atoms with Crippen LogP contribution >= 0.6 is 15.9 Å². The first-order valence-corrected chi connectivity index (χ1v) is 8.91. The lowest BCUT2D eigenvalue weighted by molar-refractivity contribution is 0.0918. The lowest BCUT2D eigenvalue weighted by Gasteiger charge is -2.34. The highest BCUT2D eigenvalue weighted by Crippen LogP contribution is 2.27. The Labute approximate surface area is 148 Å². The molecule has 1 aliphatic heterocycles. The van der Waals surface area contributed by atoms with Gasteiger partial charge in [-0.2, -0.15) is 0 Å². The van der Waals surface area contributed by atoms with E-state index < -0.39 is 5.63 Å². The van der Waals surface area contributed by atoms with E-state index in [1.807, 2.05) is 12.1 Å². The van der Waals surface area contributed by atoms with Gasteiger partial charge in [-0.3, -0.25) is 4.79 Å². The Bertz CT molecular complexity index is 838. The van der Waals surface area contributed by atoms with Crippen molar-refractivity contribution in [3.63, 3.8) is 0 Å². The summed E-state index contributed by atoms with van der Waals surface area (Å²) in [6.45, 7) is 6.42. The third kappa shape index (κ3) is 3.39. The molecule has 1 aromatic carbocycles. The first kappa shape index (κ1) is 17.2. The van der Waals surface area contributed by atoms with Crippen molar-refractivity contribution in [1.29, 1.82) is 0 Å². The number of aryl methyl sites for hydroxylation is 1. The van der Waals surface area contributed by atoms with Crippen LogP contribution in [0.4, 0.5) is 0 Å². The molecule has 3 rings (SSSR count). The van der Waals surface area contributed by atoms with E-state index in [1.54, 1.807) is 13.0 Å². The Morgan fingerprint density at radius 2 is 2.08 bits per heavy atom. The zero-order valence-corrected chi connectivity index (χ0v) is 15.5. The molecule has 0 aliphatic carbocycles. The summed E-state index contributed by atoms with van der Waals surface area (Å²) < 4.78 is 6.19. The van der Waals surface area contributed by atoms with Gasteiger partial charge in [0.1, 0.15) is 11.1 Å². The molecule has 0 radical (unpaired) electrons. The number of rotatable bonds is 3. The van der Waals surface area contributed by atoms with Crippen LogP contribution in [0, 0.1) is 12.3 Å². The predicted molar refractivity (Wildman–Crippen MR) is 97.5 cm³/mol. The van der Waals surface area contributed by atoms with Crippen LogP contribution < -0.4 is 16.3 Å². The fourth-order valence-corrected chi connectivity index (χ4v) is 3.54. The summed E-state index contributed by atoms with van der Waals surface area (Å²) >= 11 is 3.41. The average molecular weight is 393 g/mol. The highest BCUT2D eigenvalue weighted by atomic mass is 79.9. The Balaban J connectivity index is 1.88. The SMILES string of the molecule is Cc1c(C(=O)NCC2(C)CCNCC2)c(=O)oc2ccc(Br)cc12. The van der Waals surface area contributed by atoms with E-state index in [0.717, 1.165) is 35.8 Å². The van der Waals surface area contributed by atoms with Crippen LogP contribution in [-0.4, -0.2) is 25.5 Å². The number of fused-ring (bicyclic) bond motifs is 1. The van der Waals surface area contributed by atoms with E-state index in [9.17, 15) is 9.59 Å². The van der Waals surface area contributed by atoms with Crippen molar-refractivity contribution in [2.75, 3.05) is 19.6 Å². The molecule has 128 valence electrons. The van der Waals surface area contributed by atoms with E-state index in [1.165, 1.54) is 0 Å². The highest BCUT2D eigenvalue weighted by Gasteiger charge is 2.28. The molecule has 6 heteroatoms. The first-order valence-electron chi connectivity index (χ1n) is 8.11. The number of halogens is 1. The van der Waals surface area contributed by atoms with Crippen molar-refractivity contribution in [1.82, 2.24) is 10.6 Å². The lowest BCUT2D eigenvalue weighted by Crippen LogP contribution is -2.43. The number of hydrogen-bond acceptors (Lipinski definition) is 4. The van der Waals surface area contributed by atoms with Crippen molar-refractivity contribution >= 4 is 32.8 Å². The third-order valence-electron chi connectivity index (χ3n) is 4.84. The molecule has 1 saturated heterocycles. The maximum atomic E-state index is 12.6. The van der Waals surface area contributed by atoms with Crippen molar-refractivity contribution in [3.05, 3.63) is 44.2 Å². The van der Waals surface area contributed by atoms with E-state index >= 15 is 0 Å². The van der Waals surface area contributed by atoms with Crippen LogP contribution in [0.2, 0.25) is 0 Å². The normalized spacial score (nSPS) is 17.0. The van der Waals surface area contributed by atoms with Crippen LogP contribution in [0.3, 0.4) is 0 Å². The number of piperidine rings is 1. The molecule has 1 fully saturated rings. The van der Waals surface area contributed by atoms with Gasteiger partial charge in [-0.25, -0.2) is 4.79 Å². The Morgan fingerprint density at radius 1 is 1.38 bits per heavy atom. The second-order valence-corrected chi connectivity index (χ2v) is 7.69. The Hall–Kier alpha value is -1.66. The number of carbonyl (C=O) groups excluding carboxylic acids is 1. The average Bonchev–Trinajstić information content (AvgIpc) is 2.55. The van der Waals surface area contributed by atoms with Gasteiger partial charge in [0.25, 0.3) is 5.91 Å². The summed E-state index contributed by atoms with van der Waals surface area (Å²) in [5.74, 6) is -0.358. The topological polar surface area (TPSA) is 71.3 Å². The summed E-state index contributed by atoms with van der Waals surface area (Å²) in [7, 11) is 0. The molecule has 0 spiro atoms. The van der Waals surface area contributed by atoms with Crippen molar-refractivity contribution in [2.24, 2.45) is 5.41 Å².